The van der Waals surface area contributed by atoms with E-state index in [1.807, 2.05) is 7.05 Å². The molecule has 0 atom stereocenters. The van der Waals surface area contributed by atoms with Crippen LogP contribution in [0.25, 0.3) is 0 Å². The summed E-state index contributed by atoms with van der Waals surface area (Å²) in [6.45, 7) is 2.16. The fourth-order valence-corrected chi connectivity index (χ4v) is 1.49. The molecule has 1 aliphatic carbocycles. The highest BCUT2D eigenvalue weighted by Gasteiger charge is 2.42. The van der Waals surface area contributed by atoms with Crippen molar-refractivity contribution in [3.05, 3.63) is 17.5 Å². The maximum Gasteiger partial charge on any atom is 0.153 e. The average molecular weight is 164 g/mol. The van der Waals surface area contributed by atoms with E-state index in [1.54, 1.807) is 10.9 Å². The molecule has 1 saturated carbocycles. The standard InChI is InChI=1S/C9H12N2O/c1-9(3-4-9)8-7(6-12)5-11(2)10-8/h5-6H,3-4H2,1-2H3. The summed E-state index contributed by atoms with van der Waals surface area (Å²) in [4.78, 5) is 10.7. The quantitative estimate of drug-likeness (QED) is 0.617. The van der Waals surface area contributed by atoms with Gasteiger partial charge in [-0.05, 0) is 12.8 Å². The van der Waals surface area contributed by atoms with Crippen molar-refractivity contribution in [2.24, 2.45) is 7.05 Å². The van der Waals surface area contributed by atoms with Crippen molar-refractivity contribution in [2.75, 3.05) is 0 Å². The van der Waals surface area contributed by atoms with Crippen LogP contribution < -0.4 is 0 Å². The highest BCUT2D eigenvalue weighted by molar-refractivity contribution is 5.77. The number of hydrogen-bond donors (Lipinski definition) is 0. The Morgan fingerprint density at radius 2 is 2.33 bits per heavy atom. The molecule has 12 heavy (non-hydrogen) atoms. The van der Waals surface area contributed by atoms with E-state index in [1.165, 1.54) is 0 Å². The van der Waals surface area contributed by atoms with Crippen molar-refractivity contribution in [3.8, 4) is 0 Å². The van der Waals surface area contributed by atoms with E-state index in [0.29, 0.717) is 0 Å². The summed E-state index contributed by atoms with van der Waals surface area (Å²) in [6, 6.07) is 0. The van der Waals surface area contributed by atoms with Gasteiger partial charge in [-0.3, -0.25) is 9.48 Å². The lowest BCUT2D eigenvalue weighted by Crippen LogP contribution is -2.04. The van der Waals surface area contributed by atoms with Crippen LogP contribution >= 0.6 is 0 Å². The molecule has 0 spiro atoms. The van der Waals surface area contributed by atoms with Crippen molar-refractivity contribution >= 4 is 6.29 Å². The second-order valence-corrected chi connectivity index (χ2v) is 3.79. The number of nitrogens with zero attached hydrogens (tertiary/aromatic N) is 2. The molecule has 1 aromatic heterocycles. The van der Waals surface area contributed by atoms with Crippen LogP contribution in [0.5, 0.6) is 0 Å². The van der Waals surface area contributed by atoms with E-state index in [0.717, 1.165) is 30.4 Å². The molecule has 1 aliphatic rings. The molecule has 0 radical (unpaired) electrons. The Labute approximate surface area is 71.4 Å². The number of aromatic nitrogens is 2. The van der Waals surface area contributed by atoms with Crippen LogP contribution in [0.1, 0.15) is 35.8 Å². The lowest BCUT2D eigenvalue weighted by molar-refractivity contribution is 0.112. The van der Waals surface area contributed by atoms with Gasteiger partial charge >= 0.3 is 0 Å². The topological polar surface area (TPSA) is 34.9 Å². The van der Waals surface area contributed by atoms with Crippen molar-refractivity contribution in [1.82, 2.24) is 9.78 Å². The number of aldehydes is 1. The minimum absolute atomic E-state index is 0.192. The number of aryl methyl sites for hydroxylation is 1. The van der Waals surface area contributed by atoms with E-state index in [2.05, 4.69) is 12.0 Å². The molecule has 0 amide bonds. The van der Waals surface area contributed by atoms with Gasteiger partial charge in [0, 0.05) is 18.7 Å². The second kappa shape index (κ2) is 2.19. The number of rotatable bonds is 2. The van der Waals surface area contributed by atoms with Crippen LogP contribution in [0, 0.1) is 0 Å². The predicted octanol–water partition coefficient (Wildman–Crippen LogP) is 1.28. The van der Waals surface area contributed by atoms with Crippen LogP contribution in [0.2, 0.25) is 0 Å². The first kappa shape index (κ1) is 7.53. The Bertz CT molecular complexity index is 323. The predicted molar refractivity (Wildman–Crippen MR) is 45.2 cm³/mol. The molecule has 0 N–H and O–H groups in total. The van der Waals surface area contributed by atoms with Gasteiger partial charge in [0.15, 0.2) is 6.29 Å². The lowest BCUT2D eigenvalue weighted by Gasteiger charge is -2.03. The molecule has 0 bridgehead atoms. The molecule has 1 aromatic rings. The summed E-state index contributed by atoms with van der Waals surface area (Å²) in [6.07, 6.45) is 4.99. The average Bonchev–Trinajstić information content (AvgIpc) is 2.64. The molecule has 1 heterocycles. The monoisotopic (exact) mass is 164 g/mol. The molecule has 3 heteroatoms. The zero-order valence-electron chi connectivity index (χ0n) is 7.37. The minimum Gasteiger partial charge on any atom is -0.298 e. The Kier molecular flexibility index (Phi) is 1.37. The molecular formula is C9H12N2O. The van der Waals surface area contributed by atoms with Crippen LogP contribution in [0.15, 0.2) is 6.20 Å². The van der Waals surface area contributed by atoms with Gasteiger partial charge in [-0.1, -0.05) is 6.92 Å². The van der Waals surface area contributed by atoms with Gasteiger partial charge < -0.3 is 0 Å². The Balaban J connectivity index is 2.48. The van der Waals surface area contributed by atoms with Gasteiger partial charge in [0.2, 0.25) is 0 Å². The van der Waals surface area contributed by atoms with Crippen molar-refractivity contribution in [3.63, 3.8) is 0 Å². The largest absolute Gasteiger partial charge is 0.298 e. The fraction of sp³-hybridized carbons (Fsp3) is 0.556. The molecule has 64 valence electrons. The lowest BCUT2D eigenvalue weighted by atomic mass is 10.0. The molecule has 0 unspecified atom stereocenters. The minimum atomic E-state index is 0.192. The summed E-state index contributed by atoms with van der Waals surface area (Å²) >= 11 is 0. The Hall–Kier alpha value is -1.12. The molecule has 2 rings (SSSR count). The second-order valence-electron chi connectivity index (χ2n) is 3.79. The van der Waals surface area contributed by atoms with Crippen molar-refractivity contribution < 1.29 is 4.79 Å². The van der Waals surface area contributed by atoms with Crippen molar-refractivity contribution in [2.45, 2.75) is 25.2 Å². The van der Waals surface area contributed by atoms with Gasteiger partial charge in [-0.2, -0.15) is 5.10 Å². The van der Waals surface area contributed by atoms with E-state index < -0.39 is 0 Å². The van der Waals surface area contributed by atoms with Crippen molar-refractivity contribution in [1.29, 1.82) is 0 Å². The summed E-state index contributed by atoms with van der Waals surface area (Å²) in [5.41, 5.74) is 1.91. The first-order chi connectivity index (χ1) is 5.65. The van der Waals surface area contributed by atoms with E-state index in [4.69, 9.17) is 0 Å². The van der Waals surface area contributed by atoms with E-state index >= 15 is 0 Å². The van der Waals surface area contributed by atoms with Crippen LogP contribution in [-0.2, 0) is 12.5 Å². The third kappa shape index (κ3) is 0.967. The maximum atomic E-state index is 10.7. The number of hydrogen-bond acceptors (Lipinski definition) is 2. The number of carbonyl (C=O) groups excluding carboxylic acids is 1. The summed E-state index contributed by atoms with van der Waals surface area (Å²) in [5.74, 6) is 0. The summed E-state index contributed by atoms with van der Waals surface area (Å²) in [5, 5.41) is 4.30. The molecule has 0 aromatic carbocycles. The Morgan fingerprint density at radius 3 is 2.83 bits per heavy atom. The van der Waals surface area contributed by atoms with Crippen LogP contribution in [0.3, 0.4) is 0 Å². The van der Waals surface area contributed by atoms with Crippen LogP contribution in [0.4, 0.5) is 0 Å². The molecular weight excluding hydrogens is 152 g/mol. The SMILES string of the molecule is Cn1cc(C=O)c(C2(C)CC2)n1. The Morgan fingerprint density at radius 1 is 1.67 bits per heavy atom. The first-order valence-corrected chi connectivity index (χ1v) is 4.15. The smallest absolute Gasteiger partial charge is 0.153 e. The first-order valence-electron chi connectivity index (χ1n) is 4.15. The zero-order chi connectivity index (χ0) is 8.77. The van der Waals surface area contributed by atoms with Gasteiger partial charge in [-0.15, -0.1) is 0 Å². The maximum absolute atomic E-state index is 10.7. The zero-order valence-corrected chi connectivity index (χ0v) is 7.37. The third-order valence-electron chi connectivity index (χ3n) is 2.56. The van der Waals surface area contributed by atoms with E-state index in [-0.39, 0.29) is 5.41 Å². The van der Waals surface area contributed by atoms with E-state index in [9.17, 15) is 4.79 Å². The molecule has 0 saturated heterocycles. The molecule has 0 aliphatic heterocycles. The third-order valence-corrected chi connectivity index (χ3v) is 2.56. The van der Waals surface area contributed by atoms with Gasteiger partial charge in [-0.25, -0.2) is 0 Å². The van der Waals surface area contributed by atoms with Gasteiger partial charge in [0.05, 0.1) is 11.3 Å². The molecule has 3 nitrogen and oxygen atoms in total. The molecule has 1 fully saturated rings. The highest BCUT2D eigenvalue weighted by atomic mass is 16.1. The van der Waals surface area contributed by atoms with Gasteiger partial charge in [0.25, 0.3) is 0 Å². The van der Waals surface area contributed by atoms with Gasteiger partial charge in [0.1, 0.15) is 0 Å². The normalized spacial score (nSPS) is 19.2. The number of carbonyl (C=O) groups is 1. The highest BCUT2D eigenvalue weighted by Crippen LogP contribution is 2.47. The fourth-order valence-electron chi connectivity index (χ4n) is 1.49. The summed E-state index contributed by atoms with van der Waals surface area (Å²) < 4.78 is 1.71. The summed E-state index contributed by atoms with van der Waals surface area (Å²) in [7, 11) is 1.85. The van der Waals surface area contributed by atoms with Crippen LogP contribution in [-0.4, -0.2) is 16.1 Å².